The Morgan fingerprint density at radius 2 is 1.77 bits per heavy atom. The fourth-order valence-corrected chi connectivity index (χ4v) is 6.38. The van der Waals surface area contributed by atoms with Crippen LogP contribution in [-0.4, -0.2) is 61.2 Å². The van der Waals surface area contributed by atoms with E-state index in [1.807, 2.05) is 4.90 Å². The second-order valence-corrected chi connectivity index (χ2v) is 11.3. The molecule has 0 bridgehead atoms. The van der Waals surface area contributed by atoms with Crippen LogP contribution in [0.3, 0.4) is 0 Å². The van der Waals surface area contributed by atoms with E-state index in [0.29, 0.717) is 43.2 Å². The number of nitrogens with zero attached hydrogens (tertiary/aromatic N) is 2. The smallest absolute Gasteiger partial charge is 0.240 e. The van der Waals surface area contributed by atoms with E-state index in [0.717, 1.165) is 57.2 Å². The van der Waals surface area contributed by atoms with E-state index in [-0.39, 0.29) is 16.8 Å². The summed E-state index contributed by atoms with van der Waals surface area (Å²) in [6.45, 7) is 1.48. The number of piperidine rings is 2. The van der Waals surface area contributed by atoms with Gasteiger partial charge in [0.05, 0.1) is 4.90 Å². The molecule has 2 saturated carbocycles. The molecule has 5 rings (SSSR count). The molecule has 2 saturated heterocycles. The molecule has 1 N–H and O–H groups in total. The highest BCUT2D eigenvalue weighted by Crippen LogP contribution is 2.39. The third-order valence-corrected chi connectivity index (χ3v) is 8.66. The summed E-state index contributed by atoms with van der Waals surface area (Å²) in [5.41, 5.74) is 0.969. The first kappa shape index (κ1) is 20.9. The second-order valence-electron chi connectivity index (χ2n) is 9.57. The van der Waals surface area contributed by atoms with Crippen molar-refractivity contribution < 1.29 is 18.0 Å². The molecule has 7 nitrogen and oxygen atoms in total. The predicted molar refractivity (Wildman–Crippen MR) is 116 cm³/mol. The summed E-state index contributed by atoms with van der Waals surface area (Å²) < 4.78 is 27.2. The fourth-order valence-electron chi connectivity index (χ4n) is 5.08. The van der Waals surface area contributed by atoms with E-state index in [1.54, 1.807) is 24.3 Å². The zero-order chi connectivity index (χ0) is 21.6. The summed E-state index contributed by atoms with van der Waals surface area (Å²) in [4.78, 5) is 29.6. The lowest BCUT2D eigenvalue weighted by molar-refractivity contribution is -0.144. The number of sulfonamides is 1. The number of likely N-dealkylation sites (tertiary alicyclic amines) is 2. The number of carbonyl (C=O) groups is 2. The molecule has 1 aromatic carbocycles. The Bertz CT molecular complexity index is 954. The maximum Gasteiger partial charge on any atom is 0.240 e. The van der Waals surface area contributed by atoms with Gasteiger partial charge in [0.15, 0.2) is 0 Å². The molecular weight excluding hydrogens is 414 g/mol. The number of aryl methyl sites for hydroxylation is 1. The summed E-state index contributed by atoms with van der Waals surface area (Å²) in [5, 5.41) is 0. The van der Waals surface area contributed by atoms with Gasteiger partial charge in [-0.05, 0) is 68.6 Å². The van der Waals surface area contributed by atoms with Gasteiger partial charge in [0.1, 0.15) is 0 Å². The van der Waals surface area contributed by atoms with Gasteiger partial charge in [-0.25, -0.2) is 13.1 Å². The molecule has 2 amide bonds. The monoisotopic (exact) mass is 445 g/mol. The van der Waals surface area contributed by atoms with Crippen molar-refractivity contribution in [2.45, 2.75) is 80.8 Å². The molecule has 0 aromatic heterocycles. The molecule has 2 aliphatic heterocycles. The number of fused-ring (bicyclic) bond motifs is 1. The first-order valence-corrected chi connectivity index (χ1v) is 13.1. The molecule has 2 aliphatic carbocycles. The highest BCUT2D eigenvalue weighted by Gasteiger charge is 2.45. The van der Waals surface area contributed by atoms with Crippen molar-refractivity contribution in [1.29, 1.82) is 0 Å². The van der Waals surface area contributed by atoms with E-state index in [4.69, 9.17) is 0 Å². The predicted octanol–water partition coefficient (Wildman–Crippen LogP) is 2.06. The van der Waals surface area contributed by atoms with Crippen LogP contribution in [0.4, 0.5) is 0 Å². The van der Waals surface area contributed by atoms with Crippen LogP contribution in [-0.2, 0) is 26.0 Å². The third-order valence-electron chi connectivity index (χ3n) is 7.12. The summed E-state index contributed by atoms with van der Waals surface area (Å²) in [6.07, 6.45) is 7.51. The number of amides is 2. The van der Waals surface area contributed by atoms with Crippen LogP contribution in [0.25, 0.3) is 0 Å². The van der Waals surface area contributed by atoms with Crippen LogP contribution >= 0.6 is 0 Å². The fraction of sp³-hybridized carbons (Fsp3) is 0.652. The van der Waals surface area contributed by atoms with Crippen LogP contribution < -0.4 is 4.72 Å². The summed E-state index contributed by atoms with van der Waals surface area (Å²) in [6, 6.07) is 7.72. The van der Waals surface area contributed by atoms with Crippen LogP contribution in [0.2, 0.25) is 0 Å². The molecule has 31 heavy (non-hydrogen) atoms. The first-order chi connectivity index (χ1) is 14.9. The van der Waals surface area contributed by atoms with Crippen molar-refractivity contribution in [1.82, 2.24) is 14.5 Å². The quantitative estimate of drug-likeness (QED) is 0.696. The van der Waals surface area contributed by atoms with Gasteiger partial charge in [-0.3, -0.25) is 9.59 Å². The average Bonchev–Trinajstić information content (AvgIpc) is 3.68. The normalized spacial score (nSPS) is 26.6. The van der Waals surface area contributed by atoms with Crippen LogP contribution in [0.15, 0.2) is 29.2 Å². The van der Waals surface area contributed by atoms with Gasteiger partial charge in [0, 0.05) is 44.1 Å². The van der Waals surface area contributed by atoms with Crippen molar-refractivity contribution in [3.63, 3.8) is 0 Å². The lowest BCUT2D eigenvalue weighted by Crippen LogP contribution is -2.57. The topological polar surface area (TPSA) is 86.8 Å². The summed E-state index contributed by atoms with van der Waals surface area (Å²) in [7, 11) is -3.44. The van der Waals surface area contributed by atoms with Gasteiger partial charge in [-0.1, -0.05) is 12.1 Å². The van der Waals surface area contributed by atoms with Gasteiger partial charge in [-0.15, -0.1) is 0 Å². The first-order valence-electron chi connectivity index (χ1n) is 11.6. The number of rotatable bonds is 7. The Morgan fingerprint density at radius 3 is 2.45 bits per heavy atom. The standard InChI is InChI=1S/C23H31N3O4S/c27-22(11-3-16-1-9-20(10-2-16)31(29,30)24-18-5-6-18)25-14-13-21-17(15-25)4-12-23(28)26(21)19-7-8-19/h1-2,9-10,17-19,21,24H,3-8,11-15H2/t17-,21-/m1/s1. The SMILES string of the molecule is O=C(CCc1ccc(S(=O)(=O)NC2CC2)cc1)N1CC[C@@H]2[C@H](CCC(=O)N2C2CC2)C1. The Morgan fingerprint density at radius 1 is 1.03 bits per heavy atom. The number of carbonyl (C=O) groups excluding carboxylic acids is 2. The lowest BCUT2D eigenvalue weighted by Gasteiger charge is -2.47. The molecule has 2 atom stereocenters. The van der Waals surface area contributed by atoms with Crippen LogP contribution in [0, 0.1) is 5.92 Å². The molecular formula is C23H31N3O4S. The molecule has 2 heterocycles. The second kappa shape index (κ2) is 8.20. The minimum Gasteiger partial charge on any atom is -0.342 e. The maximum atomic E-state index is 12.8. The van der Waals surface area contributed by atoms with Crippen molar-refractivity contribution in [2.75, 3.05) is 13.1 Å². The minimum atomic E-state index is -3.44. The molecule has 0 radical (unpaired) electrons. The summed E-state index contributed by atoms with van der Waals surface area (Å²) in [5.74, 6) is 0.862. The third kappa shape index (κ3) is 4.65. The minimum absolute atomic E-state index is 0.0880. The Balaban J connectivity index is 1.14. The Kier molecular flexibility index (Phi) is 5.54. The highest BCUT2D eigenvalue weighted by molar-refractivity contribution is 7.89. The number of nitrogens with one attached hydrogen (secondary N) is 1. The number of hydrogen-bond donors (Lipinski definition) is 1. The van der Waals surface area contributed by atoms with E-state index < -0.39 is 10.0 Å². The largest absolute Gasteiger partial charge is 0.342 e. The zero-order valence-corrected chi connectivity index (χ0v) is 18.6. The number of hydrogen-bond acceptors (Lipinski definition) is 4. The van der Waals surface area contributed by atoms with Crippen molar-refractivity contribution in [3.05, 3.63) is 29.8 Å². The van der Waals surface area contributed by atoms with Gasteiger partial charge < -0.3 is 9.80 Å². The molecule has 1 aromatic rings. The molecule has 4 fully saturated rings. The van der Waals surface area contributed by atoms with Crippen LogP contribution in [0.5, 0.6) is 0 Å². The lowest BCUT2D eigenvalue weighted by atomic mass is 9.83. The highest BCUT2D eigenvalue weighted by atomic mass is 32.2. The van der Waals surface area contributed by atoms with E-state index in [2.05, 4.69) is 9.62 Å². The zero-order valence-electron chi connectivity index (χ0n) is 17.8. The molecule has 168 valence electrons. The van der Waals surface area contributed by atoms with E-state index in [9.17, 15) is 18.0 Å². The van der Waals surface area contributed by atoms with Gasteiger partial charge in [0.2, 0.25) is 21.8 Å². The molecule has 4 aliphatic rings. The Labute approximate surface area is 184 Å². The van der Waals surface area contributed by atoms with Gasteiger partial charge in [-0.2, -0.15) is 0 Å². The van der Waals surface area contributed by atoms with Crippen molar-refractivity contribution >= 4 is 21.8 Å². The molecule has 0 spiro atoms. The Hall–Kier alpha value is -1.93. The maximum absolute atomic E-state index is 12.8. The number of benzene rings is 1. The van der Waals surface area contributed by atoms with Gasteiger partial charge >= 0.3 is 0 Å². The van der Waals surface area contributed by atoms with E-state index in [1.165, 1.54) is 0 Å². The van der Waals surface area contributed by atoms with Crippen LogP contribution in [0.1, 0.15) is 56.9 Å². The molecule has 8 heteroatoms. The molecule has 0 unspecified atom stereocenters. The summed E-state index contributed by atoms with van der Waals surface area (Å²) >= 11 is 0. The van der Waals surface area contributed by atoms with Gasteiger partial charge in [0.25, 0.3) is 0 Å². The average molecular weight is 446 g/mol. The van der Waals surface area contributed by atoms with Crippen molar-refractivity contribution in [3.8, 4) is 0 Å². The van der Waals surface area contributed by atoms with Crippen molar-refractivity contribution in [2.24, 2.45) is 5.92 Å². The van der Waals surface area contributed by atoms with E-state index >= 15 is 0 Å².